The highest BCUT2D eigenvalue weighted by atomic mass is 16.4. The van der Waals surface area contributed by atoms with Gasteiger partial charge in [-0.05, 0) is 14.0 Å². The van der Waals surface area contributed by atoms with Gasteiger partial charge in [0.25, 0.3) is 0 Å². The van der Waals surface area contributed by atoms with Gasteiger partial charge in [-0.25, -0.2) is 0 Å². The Kier molecular flexibility index (Phi) is 1.99. The predicted octanol–water partition coefficient (Wildman–Crippen LogP) is -0.515. The number of carboxylic acid groups (broad SMARTS) is 1. The molecule has 1 atom stereocenters. The van der Waals surface area contributed by atoms with Crippen LogP contribution in [0.5, 0.6) is 0 Å². The van der Waals surface area contributed by atoms with Gasteiger partial charge in [-0.1, -0.05) is 0 Å². The van der Waals surface area contributed by atoms with E-state index in [4.69, 9.17) is 5.11 Å². The van der Waals surface area contributed by atoms with Gasteiger partial charge in [-0.2, -0.15) is 0 Å². The Bertz CT molecular complexity index is 373. The van der Waals surface area contributed by atoms with Crippen LogP contribution in [-0.2, 0) is 17.9 Å². The van der Waals surface area contributed by atoms with Crippen molar-refractivity contribution in [1.29, 1.82) is 0 Å². The molecule has 1 aliphatic rings. The van der Waals surface area contributed by atoms with Gasteiger partial charge < -0.3 is 9.67 Å². The molecule has 0 saturated heterocycles. The van der Waals surface area contributed by atoms with E-state index in [1.165, 1.54) is 0 Å². The van der Waals surface area contributed by atoms with Gasteiger partial charge in [-0.15, -0.1) is 10.2 Å². The van der Waals surface area contributed by atoms with Crippen LogP contribution < -0.4 is 0 Å². The van der Waals surface area contributed by atoms with Crippen molar-refractivity contribution < 1.29 is 9.90 Å². The number of aryl methyl sites for hydroxylation is 1. The van der Waals surface area contributed by atoms with E-state index in [0.29, 0.717) is 13.1 Å². The maximum atomic E-state index is 10.9. The molecule has 1 aliphatic heterocycles. The second-order valence-corrected chi connectivity index (χ2v) is 3.54. The normalized spacial score (nSPS) is 22.0. The summed E-state index contributed by atoms with van der Waals surface area (Å²) in [6.07, 6.45) is 0. The van der Waals surface area contributed by atoms with E-state index in [0.717, 1.165) is 11.6 Å². The van der Waals surface area contributed by atoms with Crippen molar-refractivity contribution in [3.8, 4) is 0 Å². The smallest absolute Gasteiger partial charge is 0.322 e. The van der Waals surface area contributed by atoms with Crippen molar-refractivity contribution in [3.05, 3.63) is 11.6 Å². The zero-order valence-electron chi connectivity index (χ0n) is 8.14. The third-order valence-electron chi connectivity index (χ3n) is 2.58. The van der Waals surface area contributed by atoms with Crippen molar-refractivity contribution in [2.24, 2.45) is 0 Å². The second-order valence-electron chi connectivity index (χ2n) is 3.54. The molecule has 0 amide bonds. The third kappa shape index (κ3) is 1.27. The van der Waals surface area contributed by atoms with E-state index in [-0.39, 0.29) is 0 Å². The maximum absolute atomic E-state index is 10.9. The molecule has 0 spiro atoms. The van der Waals surface area contributed by atoms with Crippen LogP contribution >= 0.6 is 0 Å². The molecule has 0 radical (unpaired) electrons. The van der Waals surface area contributed by atoms with Gasteiger partial charge in [-0.3, -0.25) is 9.69 Å². The Morgan fingerprint density at radius 1 is 1.57 bits per heavy atom. The fourth-order valence-corrected chi connectivity index (χ4v) is 1.69. The molecular formula is C8H12N4O2. The Hall–Kier alpha value is -1.43. The number of likely N-dealkylation sites (N-methyl/N-ethyl adjacent to an activating group) is 1. The molecule has 0 bridgehead atoms. The van der Waals surface area contributed by atoms with Crippen LogP contribution in [0.2, 0.25) is 0 Å². The van der Waals surface area contributed by atoms with E-state index in [2.05, 4.69) is 10.2 Å². The lowest BCUT2D eigenvalue weighted by Gasteiger charge is -2.29. The van der Waals surface area contributed by atoms with Gasteiger partial charge >= 0.3 is 5.97 Å². The maximum Gasteiger partial charge on any atom is 0.322 e. The molecule has 0 fully saturated rings. The van der Waals surface area contributed by atoms with Crippen LogP contribution in [0.25, 0.3) is 0 Å². The fraction of sp³-hybridized carbons (Fsp3) is 0.625. The first-order valence-electron chi connectivity index (χ1n) is 4.41. The topological polar surface area (TPSA) is 71.2 Å². The quantitative estimate of drug-likeness (QED) is 0.654. The molecule has 2 heterocycles. The van der Waals surface area contributed by atoms with Gasteiger partial charge in [0.2, 0.25) is 0 Å². The molecule has 0 aromatic carbocycles. The average molecular weight is 196 g/mol. The molecule has 14 heavy (non-hydrogen) atoms. The molecule has 76 valence electrons. The number of carbonyl (C=O) groups is 1. The van der Waals surface area contributed by atoms with Crippen molar-refractivity contribution in [2.75, 3.05) is 7.05 Å². The average Bonchev–Trinajstić information content (AvgIpc) is 2.46. The van der Waals surface area contributed by atoms with Crippen molar-refractivity contribution in [3.63, 3.8) is 0 Å². The van der Waals surface area contributed by atoms with Gasteiger partial charge in [0.1, 0.15) is 17.7 Å². The number of aliphatic carboxylic acids is 1. The summed E-state index contributed by atoms with van der Waals surface area (Å²) in [5.41, 5.74) is 0. The fourth-order valence-electron chi connectivity index (χ4n) is 1.69. The number of hydrogen-bond acceptors (Lipinski definition) is 4. The summed E-state index contributed by atoms with van der Waals surface area (Å²) < 4.78 is 1.86. The molecule has 2 rings (SSSR count). The first kappa shape index (κ1) is 9.14. The van der Waals surface area contributed by atoms with E-state index in [1.54, 1.807) is 11.9 Å². The van der Waals surface area contributed by atoms with E-state index in [9.17, 15) is 4.79 Å². The highest BCUT2D eigenvalue weighted by molar-refractivity contribution is 5.73. The Labute approximate surface area is 81.2 Å². The summed E-state index contributed by atoms with van der Waals surface area (Å²) in [5.74, 6) is 0.813. The SMILES string of the molecule is Cc1nnc2n1CC(C(=O)O)N(C)C2. The Morgan fingerprint density at radius 3 is 2.93 bits per heavy atom. The summed E-state index contributed by atoms with van der Waals surface area (Å²) in [5, 5.41) is 16.9. The second kappa shape index (κ2) is 3.06. The standard InChI is InChI=1S/C8H12N4O2/c1-5-9-10-7-4-11(2)6(8(13)14)3-12(5)7/h6H,3-4H2,1-2H3,(H,13,14). The molecule has 6 nitrogen and oxygen atoms in total. The van der Waals surface area contributed by atoms with E-state index in [1.807, 2.05) is 11.5 Å². The summed E-state index contributed by atoms with van der Waals surface area (Å²) >= 11 is 0. The van der Waals surface area contributed by atoms with Gasteiger partial charge in [0, 0.05) is 0 Å². The molecule has 1 unspecified atom stereocenters. The summed E-state index contributed by atoms with van der Waals surface area (Å²) in [6.45, 7) is 2.80. The zero-order chi connectivity index (χ0) is 10.3. The largest absolute Gasteiger partial charge is 0.480 e. The summed E-state index contributed by atoms with van der Waals surface area (Å²) in [6, 6.07) is -0.475. The minimum absolute atomic E-state index is 0.431. The minimum Gasteiger partial charge on any atom is -0.480 e. The Morgan fingerprint density at radius 2 is 2.29 bits per heavy atom. The molecule has 1 N–H and O–H groups in total. The highest BCUT2D eigenvalue weighted by Gasteiger charge is 2.30. The first-order chi connectivity index (χ1) is 6.59. The van der Waals surface area contributed by atoms with Crippen LogP contribution in [0.1, 0.15) is 11.6 Å². The van der Waals surface area contributed by atoms with Gasteiger partial charge in [0.15, 0.2) is 0 Å². The zero-order valence-corrected chi connectivity index (χ0v) is 8.14. The third-order valence-corrected chi connectivity index (χ3v) is 2.58. The number of hydrogen-bond donors (Lipinski definition) is 1. The number of rotatable bonds is 1. The minimum atomic E-state index is -0.800. The van der Waals surface area contributed by atoms with Crippen molar-refractivity contribution in [1.82, 2.24) is 19.7 Å². The molecule has 1 aromatic heterocycles. The lowest BCUT2D eigenvalue weighted by molar-refractivity contribution is -0.144. The molecule has 0 aliphatic carbocycles. The number of nitrogens with zero attached hydrogens (tertiary/aromatic N) is 4. The highest BCUT2D eigenvalue weighted by Crippen LogP contribution is 2.15. The first-order valence-corrected chi connectivity index (χ1v) is 4.41. The van der Waals surface area contributed by atoms with Crippen molar-refractivity contribution >= 4 is 5.97 Å². The molecule has 6 heteroatoms. The molecule has 0 saturated carbocycles. The summed E-state index contributed by atoms with van der Waals surface area (Å²) in [7, 11) is 1.78. The molecule has 1 aromatic rings. The Balaban J connectivity index is 2.33. The van der Waals surface area contributed by atoms with E-state index < -0.39 is 12.0 Å². The van der Waals surface area contributed by atoms with Crippen molar-refractivity contribution in [2.45, 2.75) is 26.1 Å². The van der Waals surface area contributed by atoms with Crippen LogP contribution in [-0.4, -0.2) is 43.8 Å². The predicted molar refractivity (Wildman–Crippen MR) is 47.6 cm³/mol. The van der Waals surface area contributed by atoms with Crippen LogP contribution in [0.3, 0.4) is 0 Å². The molecular weight excluding hydrogens is 184 g/mol. The van der Waals surface area contributed by atoms with E-state index >= 15 is 0 Å². The monoisotopic (exact) mass is 196 g/mol. The summed E-state index contributed by atoms with van der Waals surface area (Å²) in [4.78, 5) is 12.7. The number of fused-ring (bicyclic) bond motifs is 1. The number of aromatic nitrogens is 3. The number of carboxylic acids is 1. The van der Waals surface area contributed by atoms with Gasteiger partial charge in [0.05, 0.1) is 13.1 Å². The van der Waals surface area contributed by atoms with Crippen LogP contribution in [0, 0.1) is 6.92 Å². The van der Waals surface area contributed by atoms with Crippen LogP contribution in [0.15, 0.2) is 0 Å². The van der Waals surface area contributed by atoms with Crippen LogP contribution in [0.4, 0.5) is 0 Å². The lowest BCUT2D eigenvalue weighted by atomic mass is 10.2. The lowest BCUT2D eigenvalue weighted by Crippen LogP contribution is -2.45.